The molecule has 1 rings (SSSR count). The van der Waals surface area contributed by atoms with E-state index >= 15 is 0 Å². The van der Waals surface area contributed by atoms with Crippen LogP contribution in [0.4, 0.5) is 0 Å². The minimum absolute atomic E-state index is 0.0487. The Kier molecular flexibility index (Phi) is 4.15. The molecule has 1 aliphatic carbocycles. The molecule has 0 aliphatic heterocycles. The normalized spacial score (nSPS) is 23.6. The lowest BCUT2D eigenvalue weighted by Crippen LogP contribution is -2.51. The Morgan fingerprint density at radius 1 is 1.47 bits per heavy atom. The molecule has 0 aromatic heterocycles. The maximum Gasteiger partial charge on any atom is 0.0802 e. The average molecular weight is 215 g/mol. The van der Waals surface area contributed by atoms with Gasteiger partial charge in [-0.15, -0.1) is 0 Å². The van der Waals surface area contributed by atoms with Crippen molar-refractivity contribution in [3.63, 3.8) is 0 Å². The van der Waals surface area contributed by atoms with Crippen LogP contribution >= 0.6 is 0 Å². The minimum atomic E-state index is -0.626. The summed E-state index contributed by atoms with van der Waals surface area (Å²) in [5, 5.41) is 13.4. The van der Waals surface area contributed by atoms with Crippen molar-refractivity contribution < 1.29 is 9.84 Å². The van der Waals surface area contributed by atoms with Gasteiger partial charge in [0.05, 0.1) is 11.2 Å². The first-order valence-corrected chi connectivity index (χ1v) is 5.90. The van der Waals surface area contributed by atoms with Gasteiger partial charge >= 0.3 is 0 Å². The number of methoxy groups -OCH3 is 1. The van der Waals surface area contributed by atoms with E-state index < -0.39 is 5.60 Å². The van der Waals surface area contributed by atoms with Crippen molar-refractivity contribution >= 4 is 0 Å². The van der Waals surface area contributed by atoms with Gasteiger partial charge in [0, 0.05) is 20.2 Å². The van der Waals surface area contributed by atoms with E-state index in [1.807, 2.05) is 20.8 Å². The van der Waals surface area contributed by atoms with Gasteiger partial charge in [-0.3, -0.25) is 0 Å². The smallest absolute Gasteiger partial charge is 0.0802 e. The second kappa shape index (κ2) is 4.81. The lowest BCUT2D eigenvalue weighted by atomic mass is 9.79. The molecule has 1 atom stereocenters. The monoisotopic (exact) mass is 215 g/mol. The number of nitrogens with one attached hydrogen (secondary N) is 1. The molecule has 0 aromatic carbocycles. The maximum atomic E-state index is 10.0. The first-order chi connectivity index (χ1) is 6.92. The lowest BCUT2D eigenvalue weighted by molar-refractivity contribution is -0.0739. The highest BCUT2D eigenvalue weighted by atomic mass is 16.5. The molecule has 2 N–H and O–H groups in total. The van der Waals surface area contributed by atoms with E-state index in [0.717, 1.165) is 19.4 Å². The van der Waals surface area contributed by atoms with Crippen molar-refractivity contribution in [1.82, 2.24) is 5.32 Å². The van der Waals surface area contributed by atoms with Crippen LogP contribution in [0.25, 0.3) is 0 Å². The van der Waals surface area contributed by atoms with Crippen LogP contribution in [0.3, 0.4) is 0 Å². The van der Waals surface area contributed by atoms with Crippen molar-refractivity contribution in [1.29, 1.82) is 0 Å². The predicted molar refractivity (Wildman–Crippen MR) is 61.9 cm³/mol. The van der Waals surface area contributed by atoms with E-state index in [1.165, 1.54) is 6.42 Å². The topological polar surface area (TPSA) is 41.5 Å². The fraction of sp³-hybridized carbons (Fsp3) is 1.00. The number of hydrogen-bond acceptors (Lipinski definition) is 3. The van der Waals surface area contributed by atoms with Gasteiger partial charge in [0.25, 0.3) is 0 Å². The van der Waals surface area contributed by atoms with Crippen LogP contribution in [0, 0.1) is 5.92 Å². The predicted octanol–water partition coefficient (Wildman–Crippen LogP) is 1.55. The van der Waals surface area contributed by atoms with Gasteiger partial charge in [-0.05, 0) is 32.1 Å². The van der Waals surface area contributed by atoms with Crippen molar-refractivity contribution in [3.8, 4) is 0 Å². The summed E-state index contributed by atoms with van der Waals surface area (Å²) < 4.78 is 5.50. The Balaban J connectivity index is 2.26. The van der Waals surface area contributed by atoms with Crippen LogP contribution in [0.15, 0.2) is 0 Å². The van der Waals surface area contributed by atoms with Crippen LogP contribution in [0.1, 0.15) is 40.0 Å². The largest absolute Gasteiger partial charge is 0.389 e. The molecule has 0 radical (unpaired) electrons. The van der Waals surface area contributed by atoms with Crippen molar-refractivity contribution in [2.75, 3.05) is 20.2 Å². The molecule has 0 aromatic rings. The number of aliphatic hydroxyl groups is 1. The van der Waals surface area contributed by atoms with Crippen molar-refractivity contribution in [3.05, 3.63) is 0 Å². The van der Waals surface area contributed by atoms with Crippen LogP contribution in [0.5, 0.6) is 0 Å². The number of ether oxygens (including phenoxy) is 1. The van der Waals surface area contributed by atoms with E-state index in [0.29, 0.717) is 6.54 Å². The van der Waals surface area contributed by atoms with E-state index in [2.05, 4.69) is 5.32 Å². The summed E-state index contributed by atoms with van der Waals surface area (Å²) in [5.41, 5.74) is -0.578. The van der Waals surface area contributed by atoms with Gasteiger partial charge in [0.1, 0.15) is 0 Å². The van der Waals surface area contributed by atoms with Crippen LogP contribution in [0.2, 0.25) is 0 Å². The Hall–Kier alpha value is -0.120. The Morgan fingerprint density at radius 2 is 2.07 bits per heavy atom. The van der Waals surface area contributed by atoms with Crippen molar-refractivity contribution in [2.45, 2.75) is 51.2 Å². The molecular weight excluding hydrogens is 190 g/mol. The first-order valence-electron chi connectivity index (χ1n) is 5.90. The van der Waals surface area contributed by atoms with Gasteiger partial charge < -0.3 is 15.2 Å². The summed E-state index contributed by atoms with van der Waals surface area (Å²) >= 11 is 0. The van der Waals surface area contributed by atoms with Gasteiger partial charge in [0.2, 0.25) is 0 Å². The molecule has 0 spiro atoms. The molecule has 1 saturated carbocycles. The fourth-order valence-electron chi connectivity index (χ4n) is 1.77. The second-order valence-corrected chi connectivity index (χ2v) is 5.36. The van der Waals surface area contributed by atoms with E-state index in [4.69, 9.17) is 4.74 Å². The molecule has 1 unspecified atom stereocenters. The third-order valence-electron chi connectivity index (χ3n) is 3.87. The van der Waals surface area contributed by atoms with Crippen molar-refractivity contribution in [2.24, 2.45) is 5.92 Å². The third kappa shape index (κ3) is 3.16. The van der Waals surface area contributed by atoms with Crippen LogP contribution in [-0.2, 0) is 4.74 Å². The van der Waals surface area contributed by atoms with E-state index in [1.54, 1.807) is 7.11 Å². The SMILES string of the molecule is COC1(CNCC(C)(O)C(C)C)CCC1. The maximum absolute atomic E-state index is 10.0. The van der Waals surface area contributed by atoms with Gasteiger partial charge in [0.15, 0.2) is 0 Å². The molecular formula is C12H25NO2. The summed E-state index contributed by atoms with van der Waals surface area (Å²) in [6, 6.07) is 0. The number of hydrogen-bond donors (Lipinski definition) is 2. The average Bonchev–Trinajstić information content (AvgIpc) is 2.09. The van der Waals surface area contributed by atoms with E-state index in [-0.39, 0.29) is 11.5 Å². The van der Waals surface area contributed by atoms with Gasteiger partial charge in [-0.1, -0.05) is 13.8 Å². The third-order valence-corrected chi connectivity index (χ3v) is 3.87. The molecule has 0 bridgehead atoms. The highest BCUT2D eigenvalue weighted by molar-refractivity contribution is 4.92. The molecule has 1 fully saturated rings. The zero-order valence-corrected chi connectivity index (χ0v) is 10.5. The highest BCUT2D eigenvalue weighted by Gasteiger charge is 2.37. The Bertz CT molecular complexity index is 190. The van der Waals surface area contributed by atoms with E-state index in [9.17, 15) is 5.11 Å². The zero-order valence-electron chi connectivity index (χ0n) is 10.5. The molecule has 3 heteroatoms. The minimum Gasteiger partial charge on any atom is -0.389 e. The zero-order chi connectivity index (χ0) is 11.5. The first kappa shape index (κ1) is 12.9. The summed E-state index contributed by atoms with van der Waals surface area (Å²) in [5.74, 6) is 0.268. The summed E-state index contributed by atoms with van der Waals surface area (Å²) in [6.07, 6.45) is 3.54. The molecule has 15 heavy (non-hydrogen) atoms. The molecule has 0 amide bonds. The molecule has 0 heterocycles. The quantitative estimate of drug-likeness (QED) is 0.706. The van der Waals surface area contributed by atoms with Gasteiger partial charge in [-0.25, -0.2) is 0 Å². The standard InChI is InChI=1S/C12H25NO2/c1-10(2)11(3,14)8-13-9-12(15-4)6-5-7-12/h10,13-14H,5-9H2,1-4H3. The van der Waals surface area contributed by atoms with Gasteiger partial charge in [-0.2, -0.15) is 0 Å². The number of rotatable bonds is 6. The molecule has 0 saturated heterocycles. The molecule has 90 valence electrons. The second-order valence-electron chi connectivity index (χ2n) is 5.36. The molecule has 1 aliphatic rings. The Morgan fingerprint density at radius 3 is 2.40 bits per heavy atom. The molecule has 3 nitrogen and oxygen atoms in total. The fourth-order valence-corrected chi connectivity index (χ4v) is 1.77. The van der Waals surface area contributed by atoms with Crippen LogP contribution < -0.4 is 5.32 Å². The lowest BCUT2D eigenvalue weighted by Gasteiger charge is -2.41. The summed E-state index contributed by atoms with van der Waals surface area (Å²) in [7, 11) is 1.78. The Labute approximate surface area is 93.2 Å². The summed E-state index contributed by atoms with van der Waals surface area (Å²) in [6.45, 7) is 7.45. The summed E-state index contributed by atoms with van der Waals surface area (Å²) in [4.78, 5) is 0. The van der Waals surface area contributed by atoms with Crippen LogP contribution in [-0.4, -0.2) is 36.5 Å². The highest BCUT2D eigenvalue weighted by Crippen LogP contribution is 2.34.